The predicted octanol–water partition coefficient (Wildman–Crippen LogP) is 2.31. The molecule has 4 nitrogen and oxygen atoms in total. The molecule has 4 heteroatoms. The fourth-order valence-corrected chi connectivity index (χ4v) is 1.82. The van der Waals surface area contributed by atoms with E-state index in [1.54, 1.807) is 6.92 Å². The van der Waals surface area contributed by atoms with Crippen LogP contribution in [0.5, 0.6) is 11.5 Å². The molecule has 1 atom stereocenters. The van der Waals surface area contributed by atoms with Crippen LogP contribution in [-0.2, 0) is 4.79 Å². The van der Waals surface area contributed by atoms with E-state index >= 15 is 0 Å². The number of carboxylic acids is 1. The van der Waals surface area contributed by atoms with Gasteiger partial charge in [0.1, 0.15) is 6.61 Å². The van der Waals surface area contributed by atoms with Crippen molar-refractivity contribution in [2.75, 3.05) is 6.61 Å². The maximum absolute atomic E-state index is 11.3. The number of hydrogen-bond acceptors (Lipinski definition) is 3. The number of aryl methyl sites for hydroxylation is 2. The fourth-order valence-electron chi connectivity index (χ4n) is 1.82. The lowest BCUT2D eigenvalue weighted by molar-refractivity contribution is -0.160. The molecule has 1 aromatic rings. The van der Waals surface area contributed by atoms with Crippen LogP contribution in [0.3, 0.4) is 0 Å². The van der Waals surface area contributed by atoms with Crippen molar-refractivity contribution in [1.29, 1.82) is 0 Å². The van der Waals surface area contributed by atoms with Crippen molar-refractivity contribution in [3.8, 4) is 11.5 Å². The first kappa shape index (κ1) is 11.8. The van der Waals surface area contributed by atoms with E-state index in [0.717, 1.165) is 11.1 Å². The fraction of sp³-hybridized carbons (Fsp3) is 0.462. The summed E-state index contributed by atoms with van der Waals surface area (Å²) < 4.78 is 11.2. The Morgan fingerprint density at radius 2 is 1.94 bits per heavy atom. The molecule has 0 fully saturated rings. The third kappa shape index (κ3) is 1.84. The first-order valence-electron chi connectivity index (χ1n) is 5.65. The molecule has 1 aliphatic heterocycles. The second kappa shape index (κ2) is 3.95. The van der Waals surface area contributed by atoms with Gasteiger partial charge in [-0.25, -0.2) is 4.79 Å². The minimum atomic E-state index is -1.26. The molecule has 0 saturated carbocycles. The number of carbonyl (C=O) groups is 1. The quantitative estimate of drug-likeness (QED) is 0.856. The number of rotatable bonds is 2. The van der Waals surface area contributed by atoms with Crippen LogP contribution >= 0.6 is 0 Å². The molecule has 1 aromatic carbocycles. The molecule has 0 aliphatic carbocycles. The maximum Gasteiger partial charge on any atom is 0.351 e. The van der Waals surface area contributed by atoms with E-state index < -0.39 is 11.6 Å². The van der Waals surface area contributed by atoms with Crippen molar-refractivity contribution in [2.45, 2.75) is 32.8 Å². The van der Waals surface area contributed by atoms with Gasteiger partial charge in [-0.1, -0.05) is 6.92 Å². The molecule has 2 rings (SSSR count). The SMILES string of the molecule is CC[C@]1(C(=O)O)COc2cc(C)c(C)cc2O1. The highest BCUT2D eigenvalue weighted by Crippen LogP contribution is 2.38. The summed E-state index contributed by atoms with van der Waals surface area (Å²) in [6.07, 6.45) is 0.370. The van der Waals surface area contributed by atoms with Gasteiger partial charge in [0.05, 0.1) is 0 Å². The molecule has 0 amide bonds. The predicted molar refractivity (Wildman–Crippen MR) is 62.7 cm³/mol. The number of aliphatic carboxylic acids is 1. The van der Waals surface area contributed by atoms with E-state index in [2.05, 4.69) is 0 Å². The molecule has 0 radical (unpaired) electrons. The van der Waals surface area contributed by atoms with Gasteiger partial charge in [0.2, 0.25) is 5.60 Å². The zero-order chi connectivity index (χ0) is 12.6. The van der Waals surface area contributed by atoms with E-state index in [1.165, 1.54) is 0 Å². The van der Waals surface area contributed by atoms with Crippen molar-refractivity contribution in [1.82, 2.24) is 0 Å². The molecular formula is C13H16O4. The van der Waals surface area contributed by atoms with Gasteiger partial charge in [-0.3, -0.25) is 0 Å². The monoisotopic (exact) mass is 236 g/mol. The Morgan fingerprint density at radius 1 is 1.35 bits per heavy atom. The Morgan fingerprint density at radius 3 is 2.47 bits per heavy atom. The highest BCUT2D eigenvalue weighted by Gasteiger charge is 2.44. The van der Waals surface area contributed by atoms with Crippen LogP contribution in [0.25, 0.3) is 0 Å². The maximum atomic E-state index is 11.3. The summed E-state index contributed by atoms with van der Waals surface area (Å²) in [6.45, 7) is 5.78. The van der Waals surface area contributed by atoms with Gasteiger partial charge in [0.25, 0.3) is 0 Å². The number of carboxylic acid groups (broad SMARTS) is 1. The van der Waals surface area contributed by atoms with Crippen molar-refractivity contribution in [3.05, 3.63) is 23.3 Å². The van der Waals surface area contributed by atoms with Gasteiger partial charge in [-0.05, 0) is 43.5 Å². The van der Waals surface area contributed by atoms with Gasteiger partial charge in [0, 0.05) is 0 Å². The smallest absolute Gasteiger partial charge is 0.351 e. The standard InChI is InChI=1S/C13H16O4/c1-4-13(12(14)15)7-16-10-5-8(2)9(3)6-11(10)17-13/h5-6H,4,7H2,1-3H3,(H,14,15)/t13-/m1/s1. The number of hydrogen-bond donors (Lipinski definition) is 1. The largest absolute Gasteiger partial charge is 0.485 e. The van der Waals surface area contributed by atoms with Gasteiger partial charge < -0.3 is 14.6 Å². The van der Waals surface area contributed by atoms with E-state index in [9.17, 15) is 9.90 Å². The van der Waals surface area contributed by atoms with Crippen molar-refractivity contribution in [3.63, 3.8) is 0 Å². The molecule has 0 bridgehead atoms. The molecule has 1 heterocycles. The normalized spacial score (nSPS) is 22.3. The average molecular weight is 236 g/mol. The van der Waals surface area contributed by atoms with Crippen LogP contribution in [0.2, 0.25) is 0 Å². The van der Waals surface area contributed by atoms with Crippen LogP contribution in [0.15, 0.2) is 12.1 Å². The van der Waals surface area contributed by atoms with Gasteiger partial charge >= 0.3 is 5.97 Å². The molecule has 0 unspecified atom stereocenters. The van der Waals surface area contributed by atoms with E-state index in [0.29, 0.717) is 17.9 Å². The van der Waals surface area contributed by atoms with Gasteiger partial charge in [-0.15, -0.1) is 0 Å². The van der Waals surface area contributed by atoms with E-state index in [4.69, 9.17) is 9.47 Å². The number of ether oxygens (including phenoxy) is 2. The third-order valence-corrected chi connectivity index (χ3v) is 3.29. The molecule has 1 N–H and O–H groups in total. The summed E-state index contributed by atoms with van der Waals surface area (Å²) in [5.41, 5.74) is 0.908. The van der Waals surface area contributed by atoms with Crippen molar-refractivity contribution in [2.24, 2.45) is 0 Å². The molecule has 0 aromatic heterocycles. The summed E-state index contributed by atoms with van der Waals surface area (Å²) in [5, 5.41) is 9.23. The molecule has 0 spiro atoms. The zero-order valence-electron chi connectivity index (χ0n) is 10.2. The Kier molecular flexibility index (Phi) is 2.73. The molecule has 0 saturated heterocycles. The van der Waals surface area contributed by atoms with Crippen LogP contribution in [0.4, 0.5) is 0 Å². The first-order chi connectivity index (χ1) is 7.98. The van der Waals surface area contributed by atoms with Crippen LogP contribution in [0, 0.1) is 13.8 Å². The summed E-state index contributed by atoms with van der Waals surface area (Å²) in [7, 11) is 0. The summed E-state index contributed by atoms with van der Waals surface area (Å²) in [4.78, 5) is 11.3. The lowest BCUT2D eigenvalue weighted by atomic mass is 10.00. The molecule has 17 heavy (non-hydrogen) atoms. The highest BCUT2D eigenvalue weighted by atomic mass is 16.6. The highest BCUT2D eigenvalue weighted by molar-refractivity contribution is 5.79. The second-order valence-electron chi connectivity index (χ2n) is 4.43. The van der Waals surface area contributed by atoms with Crippen molar-refractivity contribution < 1.29 is 19.4 Å². The Labute approximate surface area is 100 Å². The zero-order valence-corrected chi connectivity index (χ0v) is 10.2. The molecule has 92 valence electrons. The topological polar surface area (TPSA) is 55.8 Å². The average Bonchev–Trinajstić information content (AvgIpc) is 2.30. The minimum Gasteiger partial charge on any atom is -0.485 e. The lowest BCUT2D eigenvalue weighted by Crippen LogP contribution is -2.51. The van der Waals surface area contributed by atoms with E-state index in [1.807, 2.05) is 26.0 Å². The Balaban J connectivity index is 2.42. The Bertz CT molecular complexity index is 467. The first-order valence-corrected chi connectivity index (χ1v) is 5.65. The van der Waals surface area contributed by atoms with E-state index in [-0.39, 0.29) is 6.61 Å². The summed E-state index contributed by atoms with van der Waals surface area (Å²) in [5.74, 6) is 0.158. The van der Waals surface area contributed by atoms with Gasteiger partial charge in [-0.2, -0.15) is 0 Å². The number of benzene rings is 1. The summed E-state index contributed by atoms with van der Waals surface area (Å²) in [6, 6.07) is 3.71. The Hall–Kier alpha value is -1.71. The number of fused-ring (bicyclic) bond motifs is 1. The van der Waals surface area contributed by atoms with Crippen LogP contribution in [0.1, 0.15) is 24.5 Å². The minimum absolute atomic E-state index is 0.0499. The second-order valence-corrected chi connectivity index (χ2v) is 4.43. The lowest BCUT2D eigenvalue weighted by Gasteiger charge is -2.34. The van der Waals surface area contributed by atoms with Gasteiger partial charge in [0.15, 0.2) is 11.5 Å². The third-order valence-electron chi connectivity index (χ3n) is 3.29. The van der Waals surface area contributed by atoms with Crippen LogP contribution in [-0.4, -0.2) is 23.3 Å². The summed E-state index contributed by atoms with van der Waals surface area (Å²) >= 11 is 0. The molecular weight excluding hydrogens is 220 g/mol. The van der Waals surface area contributed by atoms with Crippen LogP contribution < -0.4 is 9.47 Å². The molecule has 1 aliphatic rings. The van der Waals surface area contributed by atoms with Crippen molar-refractivity contribution >= 4 is 5.97 Å².